The van der Waals surface area contributed by atoms with Gasteiger partial charge in [0.15, 0.2) is 0 Å². The molecule has 2 N–H and O–H groups in total. The molecule has 0 spiro atoms. The third kappa shape index (κ3) is 3.04. The Kier molecular flexibility index (Phi) is 5.20. The van der Waals surface area contributed by atoms with Crippen molar-refractivity contribution >= 4 is 34.8 Å². The molecule has 0 aliphatic carbocycles. The van der Waals surface area contributed by atoms with Gasteiger partial charge in [-0.1, -0.05) is 0 Å². The molecule has 3 aromatic rings. The monoisotopic (exact) mass is 423 g/mol. The summed E-state index contributed by atoms with van der Waals surface area (Å²) < 4.78 is 23.8. The number of phenols is 1. The summed E-state index contributed by atoms with van der Waals surface area (Å²) in [6.07, 6.45) is 0. The fourth-order valence-corrected chi connectivity index (χ4v) is 5.02. The second-order valence-electron chi connectivity index (χ2n) is 5.58. The second kappa shape index (κ2) is 7.40. The van der Waals surface area contributed by atoms with Crippen LogP contribution in [0.5, 0.6) is 28.7 Å². The number of aryl methyl sites for hydroxylation is 1. The first-order valence-corrected chi connectivity index (χ1v) is 9.61. The summed E-state index contributed by atoms with van der Waals surface area (Å²) in [5.74, 6) is 2.40. The first-order valence-electron chi connectivity index (χ1n) is 7.90. The molecule has 0 aliphatic heterocycles. The number of hydrogen-bond donors (Lipinski definition) is 2. The molecule has 0 unspecified atom stereocenters. The van der Waals surface area contributed by atoms with Crippen LogP contribution in [0.2, 0.25) is 0 Å². The van der Waals surface area contributed by atoms with Crippen LogP contribution in [0, 0.1) is 6.92 Å². The first-order chi connectivity index (χ1) is 12.5. The zero-order valence-corrected chi connectivity index (χ0v) is 17.0. The van der Waals surface area contributed by atoms with Crippen LogP contribution in [0.1, 0.15) is 5.69 Å². The number of hydrogen-bond acceptors (Lipinski definition) is 5. The molecule has 7 heteroatoms. The van der Waals surface area contributed by atoms with Crippen LogP contribution in [-0.2, 0) is 0 Å². The average molecular weight is 422 g/mol. The van der Waals surface area contributed by atoms with E-state index in [0.717, 1.165) is 25.5 Å². The third-order valence-electron chi connectivity index (χ3n) is 4.10. The molecule has 0 bridgehead atoms. The maximum atomic E-state index is 10.1. The van der Waals surface area contributed by atoms with E-state index in [4.69, 9.17) is 18.9 Å². The van der Waals surface area contributed by atoms with Gasteiger partial charge in [-0.15, -0.1) is 0 Å². The second-order valence-corrected chi connectivity index (χ2v) is 7.86. The molecule has 138 valence electrons. The van der Waals surface area contributed by atoms with Crippen molar-refractivity contribution < 1.29 is 24.1 Å². The Morgan fingerprint density at radius 2 is 1.58 bits per heavy atom. The average Bonchev–Trinajstić information content (AvgIpc) is 2.95. The van der Waals surface area contributed by atoms with Crippen molar-refractivity contribution in [3.63, 3.8) is 0 Å². The van der Waals surface area contributed by atoms with Gasteiger partial charge in [-0.3, -0.25) is 0 Å². The zero-order chi connectivity index (χ0) is 18.8. The van der Waals surface area contributed by atoms with Crippen LogP contribution in [0.3, 0.4) is 0 Å². The minimum atomic E-state index is -0.0311. The number of ether oxygens (including phenoxy) is 4. The van der Waals surface area contributed by atoms with E-state index >= 15 is 0 Å². The van der Waals surface area contributed by atoms with Crippen molar-refractivity contribution in [2.45, 2.75) is 6.92 Å². The van der Waals surface area contributed by atoms with Gasteiger partial charge in [0.2, 0.25) is 0 Å². The number of rotatable bonds is 6. The standard InChI is InChI=1S/C19H21NO5Se/c1-10-19(26-11-6-7-14(22-2)13(21)8-11)12-9-15(23-3)17(24-4)18(25-5)16(12)20-10/h6-9,20-21H,1-5H3. The Morgan fingerprint density at radius 3 is 2.15 bits per heavy atom. The molecule has 3 rings (SSSR count). The molecule has 0 saturated carbocycles. The summed E-state index contributed by atoms with van der Waals surface area (Å²) in [6.45, 7) is 2.03. The fourth-order valence-electron chi connectivity index (χ4n) is 2.89. The Morgan fingerprint density at radius 1 is 0.885 bits per heavy atom. The third-order valence-corrected chi connectivity index (χ3v) is 6.66. The van der Waals surface area contributed by atoms with Crippen LogP contribution in [0.4, 0.5) is 0 Å². The Hall–Kier alpha value is -2.50. The number of aromatic amines is 1. The van der Waals surface area contributed by atoms with Gasteiger partial charge in [0.1, 0.15) is 0 Å². The number of aromatic nitrogens is 1. The molecule has 1 aromatic heterocycles. The maximum absolute atomic E-state index is 10.1. The van der Waals surface area contributed by atoms with E-state index in [0.29, 0.717) is 23.0 Å². The van der Waals surface area contributed by atoms with Crippen molar-refractivity contribution in [3.8, 4) is 28.7 Å². The van der Waals surface area contributed by atoms with E-state index < -0.39 is 0 Å². The van der Waals surface area contributed by atoms with Crippen LogP contribution in [0.15, 0.2) is 24.3 Å². The molecule has 1 heterocycles. The number of aromatic hydroxyl groups is 1. The summed E-state index contributed by atoms with van der Waals surface area (Å²) in [7, 11) is 6.34. The number of methoxy groups -OCH3 is 4. The molecular weight excluding hydrogens is 401 g/mol. The van der Waals surface area contributed by atoms with Gasteiger partial charge in [0.05, 0.1) is 0 Å². The van der Waals surface area contributed by atoms with Gasteiger partial charge in [-0.25, -0.2) is 0 Å². The molecular formula is C19H21NO5Se. The molecule has 0 amide bonds. The predicted molar refractivity (Wildman–Crippen MR) is 102 cm³/mol. The summed E-state index contributed by atoms with van der Waals surface area (Å²) in [5, 5.41) is 11.1. The van der Waals surface area contributed by atoms with Gasteiger partial charge < -0.3 is 0 Å². The number of H-pyrrole nitrogens is 1. The molecule has 0 aliphatic rings. The van der Waals surface area contributed by atoms with Gasteiger partial charge in [0, 0.05) is 0 Å². The van der Waals surface area contributed by atoms with Gasteiger partial charge >= 0.3 is 158 Å². The normalized spacial score (nSPS) is 10.8. The zero-order valence-electron chi connectivity index (χ0n) is 15.3. The Labute approximate surface area is 158 Å². The number of fused-ring (bicyclic) bond motifs is 1. The van der Waals surface area contributed by atoms with E-state index in [1.807, 2.05) is 19.1 Å². The van der Waals surface area contributed by atoms with Crippen molar-refractivity contribution in [1.29, 1.82) is 0 Å². The molecule has 0 fully saturated rings. The van der Waals surface area contributed by atoms with Gasteiger partial charge in [-0.2, -0.15) is 0 Å². The first kappa shape index (κ1) is 18.3. The molecule has 6 nitrogen and oxygen atoms in total. The predicted octanol–water partition coefficient (Wildman–Crippen LogP) is 1.87. The van der Waals surface area contributed by atoms with Crippen LogP contribution in [-0.4, -0.2) is 53.5 Å². The number of nitrogens with one attached hydrogen (secondary N) is 1. The number of phenolic OH excluding ortho intramolecular Hbond substituents is 1. The van der Waals surface area contributed by atoms with Crippen molar-refractivity contribution in [1.82, 2.24) is 4.98 Å². The Balaban J connectivity index is 2.14. The van der Waals surface area contributed by atoms with Gasteiger partial charge in [-0.05, 0) is 0 Å². The Bertz CT molecular complexity index is 951. The van der Waals surface area contributed by atoms with E-state index in [1.54, 1.807) is 33.5 Å². The van der Waals surface area contributed by atoms with E-state index in [-0.39, 0.29) is 20.7 Å². The summed E-state index contributed by atoms with van der Waals surface area (Å²) >= 11 is -0.0311. The van der Waals surface area contributed by atoms with Crippen LogP contribution < -0.4 is 27.9 Å². The molecule has 0 atom stereocenters. The summed E-state index contributed by atoms with van der Waals surface area (Å²) in [5.41, 5.74) is 1.92. The van der Waals surface area contributed by atoms with Crippen molar-refractivity contribution in [2.75, 3.05) is 28.4 Å². The van der Waals surface area contributed by atoms with Crippen LogP contribution >= 0.6 is 0 Å². The van der Waals surface area contributed by atoms with Crippen molar-refractivity contribution in [3.05, 3.63) is 30.0 Å². The fraction of sp³-hybridized carbons (Fsp3) is 0.263. The van der Waals surface area contributed by atoms with Crippen LogP contribution in [0.25, 0.3) is 10.9 Å². The van der Waals surface area contributed by atoms with E-state index in [9.17, 15) is 5.11 Å². The van der Waals surface area contributed by atoms with E-state index in [1.165, 1.54) is 7.11 Å². The topological polar surface area (TPSA) is 72.9 Å². The van der Waals surface area contributed by atoms with Crippen molar-refractivity contribution in [2.24, 2.45) is 0 Å². The number of benzene rings is 2. The quantitative estimate of drug-likeness (QED) is 0.594. The van der Waals surface area contributed by atoms with Gasteiger partial charge in [0.25, 0.3) is 0 Å². The summed E-state index contributed by atoms with van der Waals surface area (Å²) in [6, 6.07) is 7.45. The summed E-state index contributed by atoms with van der Waals surface area (Å²) in [4.78, 5) is 3.40. The molecule has 0 radical (unpaired) electrons. The molecule has 2 aromatic carbocycles. The minimum absolute atomic E-state index is 0.0311. The molecule has 26 heavy (non-hydrogen) atoms. The molecule has 0 saturated heterocycles. The SMILES string of the molecule is COc1ccc([Se]c2c(C)[nH]c3c(OC)c(OC)c(OC)cc23)cc1O. The van der Waals surface area contributed by atoms with E-state index in [2.05, 4.69) is 4.98 Å².